The van der Waals surface area contributed by atoms with E-state index in [1.807, 2.05) is 42.7 Å². The van der Waals surface area contributed by atoms with E-state index in [9.17, 15) is 5.11 Å². The van der Waals surface area contributed by atoms with Crippen LogP contribution in [0.25, 0.3) is 0 Å². The molecule has 2 rings (SSSR count). The Kier molecular flexibility index (Phi) is 3.83. The van der Waals surface area contributed by atoms with Crippen LogP contribution in [-0.2, 0) is 0 Å². The van der Waals surface area contributed by atoms with Crippen LogP contribution in [0.3, 0.4) is 0 Å². The van der Waals surface area contributed by atoms with E-state index in [2.05, 4.69) is 4.99 Å². The fraction of sp³-hybridized carbons (Fsp3) is 0.0714. The average Bonchev–Trinajstić information content (AvgIpc) is 2.38. The number of aliphatic imine (C=N–C) groups is 1. The average molecular weight is 243 g/mol. The van der Waals surface area contributed by atoms with Gasteiger partial charge in [-0.25, -0.2) is 0 Å². The lowest BCUT2D eigenvalue weighted by atomic mass is 10.2. The molecule has 0 spiro atoms. The van der Waals surface area contributed by atoms with Crippen LogP contribution < -0.4 is 0 Å². The number of hydrogen-bond donors (Lipinski definition) is 1. The molecule has 0 aromatic heterocycles. The number of thioether (sulfide) groups is 1. The van der Waals surface area contributed by atoms with Gasteiger partial charge in [-0.15, -0.1) is 11.8 Å². The van der Waals surface area contributed by atoms with Crippen molar-refractivity contribution in [3.05, 3.63) is 54.1 Å². The van der Waals surface area contributed by atoms with E-state index in [1.165, 1.54) is 0 Å². The van der Waals surface area contributed by atoms with Gasteiger partial charge in [0.1, 0.15) is 5.75 Å². The van der Waals surface area contributed by atoms with Crippen molar-refractivity contribution in [2.45, 2.75) is 4.90 Å². The Morgan fingerprint density at radius 2 is 1.76 bits per heavy atom. The van der Waals surface area contributed by atoms with Gasteiger partial charge >= 0.3 is 0 Å². The molecule has 17 heavy (non-hydrogen) atoms. The first-order valence-electron chi connectivity index (χ1n) is 5.26. The molecule has 2 aromatic carbocycles. The second kappa shape index (κ2) is 5.55. The highest BCUT2D eigenvalue weighted by atomic mass is 32.2. The van der Waals surface area contributed by atoms with Crippen LogP contribution in [0.1, 0.15) is 5.56 Å². The lowest BCUT2D eigenvalue weighted by Crippen LogP contribution is -1.81. The molecule has 2 aromatic rings. The van der Waals surface area contributed by atoms with Gasteiger partial charge in [0, 0.05) is 16.7 Å². The molecular weight excluding hydrogens is 230 g/mol. The molecule has 0 atom stereocenters. The van der Waals surface area contributed by atoms with Crippen LogP contribution in [0.5, 0.6) is 5.75 Å². The highest BCUT2D eigenvalue weighted by molar-refractivity contribution is 7.98. The molecule has 3 heteroatoms. The first-order chi connectivity index (χ1) is 8.31. The minimum absolute atomic E-state index is 0.248. The Morgan fingerprint density at radius 3 is 2.53 bits per heavy atom. The third-order valence-corrected chi connectivity index (χ3v) is 3.15. The van der Waals surface area contributed by atoms with Crippen molar-refractivity contribution in [3.8, 4) is 5.75 Å². The standard InChI is InChI=1S/C14H13NOS/c1-17-14-9-5-3-7-12(14)15-10-11-6-2-4-8-13(11)16/h2-10,16H,1H3/b15-10+. The predicted molar refractivity (Wildman–Crippen MR) is 73.6 cm³/mol. The fourth-order valence-corrected chi connectivity index (χ4v) is 2.02. The van der Waals surface area contributed by atoms with Gasteiger partial charge in [0.15, 0.2) is 0 Å². The maximum absolute atomic E-state index is 9.62. The smallest absolute Gasteiger partial charge is 0.124 e. The van der Waals surface area contributed by atoms with Gasteiger partial charge < -0.3 is 5.11 Å². The number of benzene rings is 2. The molecule has 0 radical (unpaired) electrons. The Labute approximate surface area is 105 Å². The Bertz CT molecular complexity index is 537. The van der Waals surface area contributed by atoms with Crippen molar-refractivity contribution < 1.29 is 5.11 Å². The SMILES string of the molecule is CSc1ccccc1/N=C/c1ccccc1O. The Hall–Kier alpha value is -1.74. The monoisotopic (exact) mass is 243 g/mol. The summed E-state index contributed by atoms with van der Waals surface area (Å²) in [6.07, 6.45) is 3.71. The summed E-state index contributed by atoms with van der Waals surface area (Å²) < 4.78 is 0. The second-order valence-corrected chi connectivity index (χ2v) is 4.34. The van der Waals surface area contributed by atoms with Gasteiger partial charge in [-0.05, 0) is 30.5 Å². The number of rotatable bonds is 3. The van der Waals surface area contributed by atoms with Gasteiger partial charge in [-0.2, -0.15) is 0 Å². The molecular formula is C14H13NOS. The van der Waals surface area contributed by atoms with E-state index in [-0.39, 0.29) is 5.75 Å². The fourth-order valence-electron chi connectivity index (χ4n) is 1.47. The molecule has 0 unspecified atom stereocenters. The predicted octanol–water partition coefficient (Wildman–Crippen LogP) is 3.86. The van der Waals surface area contributed by atoms with Gasteiger partial charge in [-0.1, -0.05) is 24.3 Å². The largest absolute Gasteiger partial charge is 0.507 e. The lowest BCUT2D eigenvalue weighted by Gasteiger charge is -2.01. The zero-order chi connectivity index (χ0) is 12.1. The molecule has 86 valence electrons. The third-order valence-electron chi connectivity index (χ3n) is 2.36. The van der Waals surface area contributed by atoms with Crippen molar-refractivity contribution in [2.75, 3.05) is 6.26 Å². The van der Waals surface area contributed by atoms with E-state index in [1.54, 1.807) is 30.1 Å². The van der Waals surface area contributed by atoms with E-state index >= 15 is 0 Å². The number of hydrogen-bond acceptors (Lipinski definition) is 3. The highest BCUT2D eigenvalue weighted by Gasteiger charge is 1.98. The zero-order valence-corrected chi connectivity index (χ0v) is 10.3. The van der Waals surface area contributed by atoms with E-state index in [0.29, 0.717) is 0 Å². The minimum atomic E-state index is 0.248. The van der Waals surface area contributed by atoms with Crippen molar-refractivity contribution in [1.82, 2.24) is 0 Å². The normalized spacial score (nSPS) is 10.9. The van der Waals surface area contributed by atoms with Gasteiger partial charge in [-0.3, -0.25) is 4.99 Å². The maximum Gasteiger partial charge on any atom is 0.124 e. The molecule has 0 fully saturated rings. The van der Waals surface area contributed by atoms with Crippen molar-refractivity contribution in [2.24, 2.45) is 4.99 Å². The molecule has 0 saturated heterocycles. The molecule has 0 aliphatic carbocycles. The summed E-state index contributed by atoms with van der Waals surface area (Å²) in [4.78, 5) is 5.53. The quantitative estimate of drug-likeness (QED) is 0.655. The van der Waals surface area contributed by atoms with Gasteiger partial charge in [0.2, 0.25) is 0 Å². The molecule has 1 N–H and O–H groups in total. The Balaban J connectivity index is 2.29. The van der Waals surface area contributed by atoms with Crippen LogP contribution >= 0.6 is 11.8 Å². The lowest BCUT2D eigenvalue weighted by molar-refractivity contribution is 0.474. The van der Waals surface area contributed by atoms with E-state index < -0.39 is 0 Å². The number of phenolic OH excluding ortho intramolecular Hbond substituents is 1. The van der Waals surface area contributed by atoms with E-state index in [0.717, 1.165) is 16.1 Å². The van der Waals surface area contributed by atoms with Gasteiger partial charge in [0.25, 0.3) is 0 Å². The van der Waals surface area contributed by atoms with Gasteiger partial charge in [0.05, 0.1) is 5.69 Å². The van der Waals surface area contributed by atoms with Crippen molar-refractivity contribution >= 4 is 23.7 Å². The molecule has 2 nitrogen and oxygen atoms in total. The summed E-state index contributed by atoms with van der Waals surface area (Å²) in [5, 5.41) is 9.62. The summed E-state index contributed by atoms with van der Waals surface area (Å²) >= 11 is 1.66. The summed E-state index contributed by atoms with van der Waals surface area (Å²) in [5.41, 5.74) is 1.65. The minimum Gasteiger partial charge on any atom is -0.507 e. The summed E-state index contributed by atoms with van der Waals surface area (Å²) in [5.74, 6) is 0.248. The maximum atomic E-state index is 9.62. The van der Waals surface area contributed by atoms with Crippen molar-refractivity contribution in [1.29, 1.82) is 0 Å². The molecule has 0 aliphatic heterocycles. The second-order valence-electron chi connectivity index (χ2n) is 3.49. The molecule has 0 aliphatic rings. The van der Waals surface area contributed by atoms with Crippen LogP contribution in [0, 0.1) is 0 Å². The van der Waals surface area contributed by atoms with Crippen LogP contribution in [-0.4, -0.2) is 17.6 Å². The summed E-state index contributed by atoms with van der Waals surface area (Å²) in [6, 6.07) is 15.1. The number of aromatic hydroxyl groups is 1. The number of para-hydroxylation sites is 2. The zero-order valence-electron chi connectivity index (χ0n) is 9.50. The molecule has 0 saturated carbocycles. The van der Waals surface area contributed by atoms with Crippen LogP contribution in [0.15, 0.2) is 58.4 Å². The van der Waals surface area contributed by atoms with Crippen LogP contribution in [0.4, 0.5) is 5.69 Å². The van der Waals surface area contributed by atoms with Crippen LogP contribution in [0.2, 0.25) is 0 Å². The first kappa shape index (κ1) is 11.7. The summed E-state index contributed by atoms with van der Waals surface area (Å²) in [6.45, 7) is 0. The van der Waals surface area contributed by atoms with E-state index in [4.69, 9.17) is 0 Å². The topological polar surface area (TPSA) is 32.6 Å². The number of nitrogens with zero attached hydrogens (tertiary/aromatic N) is 1. The van der Waals surface area contributed by atoms with Crippen molar-refractivity contribution in [3.63, 3.8) is 0 Å². The highest BCUT2D eigenvalue weighted by Crippen LogP contribution is 2.27. The Morgan fingerprint density at radius 1 is 1.06 bits per heavy atom. The number of phenols is 1. The third kappa shape index (κ3) is 2.88. The summed E-state index contributed by atoms with van der Waals surface area (Å²) in [7, 11) is 0. The molecule has 0 amide bonds. The molecule has 0 bridgehead atoms. The molecule has 0 heterocycles. The first-order valence-corrected chi connectivity index (χ1v) is 6.49.